The Morgan fingerprint density at radius 1 is 1.67 bits per heavy atom. The summed E-state index contributed by atoms with van der Waals surface area (Å²) in [6, 6.07) is 1.78. The van der Waals surface area contributed by atoms with Crippen LogP contribution in [0.15, 0.2) is 23.2 Å². The zero-order valence-electron chi connectivity index (χ0n) is 6.19. The molecule has 0 aliphatic carbocycles. The molecule has 0 fully saturated rings. The van der Waals surface area contributed by atoms with Crippen molar-refractivity contribution in [3.8, 4) is 0 Å². The molecule has 7 heteroatoms. The van der Waals surface area contributed by atoms with E-state index in [1.807, 2.05) is 0 Å². The topological polar surface area (TPSA) is 30.2 Å². The van der Waals surface area contributed by atoms with Crippen LogP contribution >= 0.6 is 27.4 Å². The van der Waals surface area contributed by atoms with E-state index in [4.69, 9.17) is 34.3 Å². The van der Waals surface area contributed by atoms with Crippen molar-refractivity contribution in [2.45, 2.75) is 0 Å². The number of rotatable bonds is 1. The summed E-state index contributed by atoms with van der Waals surface area (Å²) in [6.45, 7) is 0. The molecule has 0 saturated carbocycles. The summed E-state index contributed by atoms with van der Waals surface area (Å²) in [7, 11) is 1.80. The molecule has 0 aromatic carbocycles. The second-order valence-corrected chi connectivity index (χ2v) is 9.38. The van der Waals surface area contributed by atoms with Crippen molar-refractivity contribution in [3.05, 3.63) is 24.1 Å². The van der Waals surface area contributed by atoms with Crippen LogP contribution in [0.2, 0.25) is 0 Å². The first kappa shape index (κ1) is 10.2. The van der Waals surface area contributed by atoms with Crippen molar-refractivity contribution in [1.82, 2.24) is 9.55 Å². The maximum Gasteiger partial charge on any atom is 0.230 e. The van der Waals surface area contributed by atoms with Crippen LogP contribution in [0.5, 0.6) is 0 Å². The van der Waals surface area contributed by atoms with Gasteiger partial charge in [0.05, 0.1) is 0 Å². The maximum absolute atomic E-state index is 5.61. The molecule has 66 valence electrons. The Kier molecular flexibility index (Phi) is 3.29. The molecule has 3 nitrogen and oxygen atoms in total. The lowest BCUT2D eigenvalue weighted by atomic mass is 10.7. The summed E-state index contributed by atoms with van der Waals surface area (Å²) in [4.78, 5) is 1.36. The predicted octanol–water partition coefficient (Wildman–Crippen LogP) is 2.02. The van der Waals surface area contributed by atoms with Gasteiger partial charge in [0, 0.05) is 19.4 Å². The van der Waals surface area contributed by atoms with E-state index in [-0.39, 0.29) is 0 Å². The Labute approximate surface area is 84.7 Å². The molecule has 0 aliphatic heterocycles. The Hall–Kier alpha value is 0.110. The first-order valence-corrected chi connectivity index (χ1v) is 7.59. The third-order valence-corrected chi connectivity index (χ3v) is 2.22. The number of hydrogen-bond donors (Lipinski definition) is 0. The molecule has 1 heterocycles. The SMILES string of the molecule is Cn1cccn/c1=N\P(=S)(Cl)Cl. The maximum atomic E-state index is 5.61. The van der Waals surface area contributed by atoms with E-state index in [2.05, 4.69) is 9.75 Å². The van der Waals surface area contributed by atoms with Gasteiger partial charge in [0.1, 0.15) is 0 Å². The molecule has 0 spiro atoms. The number of aromatic nitrogens is 2. The van der Waals surface area contributed by atoms with Crippen LogP contribution in [0.25, 0.3) is 0 Å². The van der Waals surface area contributed by atoms with Gasteiger partial charge in [-0.1, -0.05) is 0 Å². The van der Waals surface area contributed by atoms with Gasteiger partial charge in [-0.3, -0.25) is 0 Å². The van der Waals surface area contributed by atoms with Crippen molar-refractivity contribution in [2.24, 2.45) is 11.8 Å². The van der Waals surface area contributed by atoms with Crippen molar-refractivity contribution >= 4 is 39.2 Å². The Morgan fingerprint density at radius 2 is 2.33 bits per heavy atom. The molecule has 0 unspecified atom stereocenters. The quantitative estimate of drug-likeness (QED) is 0.705. The van der Waals surface area contributed by atoms with E-state index in [0.29, 0.717) is 5.62 Å². The van der Waals surface area contributed by atoms with Crippen LogP contribution in [0.1, 0.15) is 0 Å². The summed E-state index contributed by atoms with van der Waals surface area (Å²) >= 11 is 16.0. The number of halogens is 2. The smallest absolute Gasteiger partial charge is 0.230 e. The molecule has 0 N–H and O–H groups in total. The van der Waals surface area contributed by atoms with Crippen molar-refractivity contribution in [2.75, 3.05) is 0 Å². The monoisotopic (exact) mass is 241 g/mol. The molecule has 0 aliphatic rings. The fourth-order valence-electron chi connectivity index (χ4n) is 0.636. The lowest BCUT2D eigenvalue weighted by Gasteiger charge is -1.98. The summed E-state index contributed by atoms with van der Waals surface area (Å²) in [6.07, 6.45) is 3.40. The largest absolute Gasteiger partial charge is 0.320 e. The highest BCUT2D eigenvalue weighted by Gasteiger charge is 2.03. The summed E-state index contributed by atoms with van der Waals surface area (Å²) in [5, 5.41) is 0. The Morgan fingerprint density at radius 3 is 2.83 bits per heavy atom. The van der Waals surface area contributed by atoms with Crippen molar-refractivity contribution in [3.63, 3.8) is 0 Å². The molecular weight excluding hydrogens is 236 g/mol. The van der Waals surface area contributed by atoms with Gasteiger partial charge in [0.15, 0.2) is 0 Å². The highest BCUT2D eigenvalue weighted by molar-refractivity contribution is 8.38. The summed E-state index contributed by atoms with van der Waals surface area (Å²) in [5.74, 6) is 0. The predicted molar refractivity (Wildman–Crippen MR) is 54.8 cm³/mol. The molecule has 0 amide bonds. The molecule has 1 rings (SSSR count). The Balaban J connectivity index is 3.29. The second kappa shape index (κ2) is 3.88. The Bertz CT molecular complexity index is 382. The molecule has 1 aromatic heterocycles. The minimum absolute atomic E-state index is 0.450. The minimum Gasteiger partial charge on any atom is -0.320 e. The van der Waals surface area contributed by atoms with Crippen LogP contribution < -0.4 is 5.62 Å². The molecule has 0 bridgehead atoms. The lowest BCUT2D eigenvalue weighted by Crippen LogP contribution is -2.19. The lowest BCUT2D eigenvalue weighted by molar-refractivity contribution is 0.790. The van der Waals surface area contributed by atoms with Gasteiger partial charge in [0.25, 0.3) is 0 Å². The fourth-order valence-corrected chi connectivity index (χ4v) is 1.66. The number of hydrogen-bond acceptors (Lipinski definition) is 2. The van der Waals surface area contributed by atoms with Gasteiger partial charge in [-0.05, 0) is 40.4 Å². The van der Waals surface area contributed by atoms with Crippen LogP contribution in [0.4, 0.5) is 0 Å². The normalized spacial score (nSPS) is 13.4. The standard InChI is InChI=1S/C5H6Cl2N3PS/c1-10-4-2-3-8-5(10)9-11(6,7)12/h2-4H,1H3/b9-5+. The van der Waals surface area contributed by atoms with Gasteiger partial charge >= 0.3 is 0 Å². The first-order chi connectivity index (χ1) is 5.49. The highest BCUT2D eigenvalue weighted by Crippen LogP contribution is 2.57. The minimum atomic E-state index is -2.60. The molecule has 12 heavy (non-hydrogen) atoms. The van der Waals surface area contributed by atoms with E-state index in [0.717, 1.165) is 0 Å². The number of aryl methyl sites for hydroxylation is 1. The zero-order valence-corrected chi connectivity index (χ0v) is 9.41. The van der Waals surface area contributed by atoms with Crippen LogP contribution in [-0.4, -0.2) is 9.55 Å². The molecule has 0 saturated heterocycles. The second-order valence-electron chi connectivity index (χ2n) is 2.07. The third kappa shape index (κ3) is 3.23. The fraction of sp³-hybridized carbons (Fsp3) is 0.200. The van der Waals surface area contributed by atoms with Gasteiger partial charge in [0.2, 0.25) is 10.5 Å². The van der Waals surface area contributed by atoms with E-state index in [1.54, 1.807) is 30.1 Å². The van der Waals surface area contributed by atoms with Gasteiger partial charge < -0.3 is 4.57 Å². The first-order valence-electron chi connectivity index (χ1n) is 3.02. The molecule has 0 atom stereocenters. The van der Waals surface area contributed by atoms with Crippen LogP contribution in [0.3, 0.4) is 0 Å². The van der Waals surface area contributed by atoms with Gasteiger partial charge in [-0.2, -0.15) is 4.76 Å². The molecular formula is C5H6Cl2N3PS. The van der Waals surface area contributed by atoms with Crippen LogP contribution in [-0.2, 0) is 18.9 Å². The number of nitrogens with zero attached hydrogens (tertiary/aromatic N) is 3. The summed E-state index contributed by atoms with van der Waals surface area (Å²) < 4.78 is 5.60. The van der Waals surface area contributed by atoms with E-state index < -0.39 is 4.89 Å². The van der Waals surface area contributed by atoms with E-state index >= 15 is 0 Å². The van der Waals surface area contributed by atoms with Crippen molar-refractivity contribution in [1.29, 1.82) is 0 Å². The van der Waals surface area contributed by atoms with Crippen LogP contribution in [0, 0.1) is 0 Å². The van der Waals surface area contributed by atoms with Crippen molar-refractivity contribution < 1.29 is 0 Å². The zero-order chi connectivity index (χ0) is 9.19. The molecule has 1 aromatic rings. The average molecular weight is 242 g/mol. The van der Waals surface area contributed by atoms with E-state index in [9.17, 15) is 0 Å². The van der Waals surface area contributed by atoms with Gasteiger partial charge in [-0.15, -0.1) is 0 Å². The van der Waals surface area contributed by atoms with E-state index in [1.165, 1.54) is 0 Å². The highest BCUT2D eigenvalue weighted by atomic mass is 35.9. The average Bonchev–Trinajstić information content (AvgIpc) is 1.91. The summed E-state index contributed by atoms with van der Waals surface area (Å²) in [5.41, 5.74) is 0.450. The molecule has 0 radical (unpaired) electrons. The third-order valence-electron chi connectivity index (χ3n) is 1.11. The van der Waals surface area contributed by atoms with Gasteiger partial charge in [-0.25, -0.2) is 4.98 Å².